The van der Waals surface area contributed by atoms with Gasteiger partial charge < -0.3 is 19.9 Å². The number of aryl methyl sites for hydroxylation is 1. The fourth-order valence-corrected chi connectivity index (χ4v) is 4.39. The lowest BCUT2D eigenvalue weighted by Crippen LogP contribution is -2.44. The van der Waals surface area contributed by atoms with Crippen LogP contribution in [0.4, 0.5) is 26.4 Å². The topological polar surface area (TPSA) is 77.8 Å². The number of imidazole rings is 1. The molecule has 0 saturated carbocycles. The molecular weight excluding hydrogens is 385 g/mol. The molecule has 9 heteroatoms. The van der Waals surface area contributed by atoms with Gasteiger partial charge in [0, 0.05) is 74.5 Å². The van der Waals surface area contributed by atoms with Crippen LogP contribution in [0.25, 0.3) is 5.65 Å². The van der Waals surface area contributed by atoms with Gasteiger partial charge in [0.05, 0.1) is 11.4 Å². The molecule has 2 aliphatic rings. The maximum absolute atomic E-state index is 14.4. The van der Waals surface area contributed by atoms with Crippen molar-refractivity contribution < 1.29 is 9.18 Å². The average molecular weight is 409 g/mol. The first-order valence-corrected chi connectivity index (χ1v) is 10.2. The van der Waals surface area contributed by atoms with Crippen molar-refractivity contribution in [2.75, 3.05) is 47.8 Å². The Morgan fingerprint density at radius 1 is 1.30 bits per heavy atom. The van der Waals surface area contributed by atoms with Crippen LogP contribution in [0.3, 0.4) is 0 Å². The van der Waals surface area contributed by atoms with E-state index in [2.05, 4.69) is 32.4 Å². The number of piperazine rings is 1. The summed E-state index contributed by atoms with van der Waals surface area (Å²) < 4.78 is 16.0. The molecule has 0 aliphatic carbocycles. The Bertz CT molecular complexity index is 1120. The zero-order valence-electron chi connectivity index (χ0n) is 17.0. The lowest BCUT2D eigenvalue weighted by Gasteiger charge is -2.31. The number of hydrogen-bond donors (Lipinski definition) is 2. The minimum atomic E-state index is -0.477. The number of fused-ring (bicyclic) bond motifs is 2. The average Bonchev–Trinajstić information content (AvgIpc) is 3.28. The number of nitrogens with one attached hydrogen (secondary N) is 2. The van der Waals surface area contributed by atoms with Gasteiger partial charge in [-0.25, -0.2) is 19.2 Å². The number of pyridine rings is 2. The molecule has 8 nitrogen and oxygen atoms in total. The van der Waals surface area contributed by atoms with Gasteiger partial charge in [-0.2, -0.15) is 0 Å². The molecule has 1 atom stereocenters. The summed E-state index contributed by atoms with van der Waals surface area (Å²) in [5.74, 6) is 0.367. The summed E-state index contributed by atoms with van der Waals surface area (Å²) in [6.45, 7) is 8.19. The quantitative estimate of drug-likeness (QED) is 0.681. The second kappa shape index (κ2) is 7.24. The highest BCUT2D eigenvalue weighted by atomic mass is 19.1. The van der Waals surface area contributed by atoms with Crippen LogP contribution in [0, 0.1) is 12.7 Å². The summed E-state index contributed by atoms with van der Waals surface area (Å²) in [5, 5.41) is 6.19. The molecule has 2 amide bonds. The molecule has 0 bridgehead atoms. The van der Waals surface area contributed by atoms with Crippen molar-refractivity contribution >= 4 is 28.9 Å². The largest absolute Gasteiger partial charge is 0.369 e. The molecule has 1 fully saturated rings. The number of rotatable bonds is 2. The van der Waals surface area contributed by atoms with E-state index >= 15 is 0 Å². The maximum Gasteiger partial charge on any atom is 0.327 e. The van der Waals surface area contributed by atoms with Gasteiger partial charge in [0.15, 0.2) is 11.5 Å². The molecule has 0 spiro atoms. The van der Waals surface area contributed by atoms with Crippen LogP contribution in [0.1, 0.15) is 24.1 Å². The van der Waals surface area contributed by atoms with Crippen molar-refractivity contribution in [1.29, 1.82) is 0 Å². The van der Waals surface area contributed by atoms with E-state index < -0.39 is 5.82 Å². The lowest BCUT2D eigenvalue weighted by molar-refractivity contribution is 0.257. The predicted molar refractivity (Wildman–Crippen MR) is 114 cm³/mol. The van der Waals surface area contributed by atoms with E-state index in [-0.39, 0.29) is 17.6 Å². The maximum atomic E-state index is 14.4. The van der Waals surface area contributed by atoms with E-state index in [1.165, 1.54) is 6.07 Å². The number of carbonyl (C=O) groups excluding carboxylic acids is 1. The smallest absolute Gasteiger partial charge is 0.327 e. The highest BCUT2D eigenvalue weighted by molar-refractivity contribution is 6.03. The van der Waals surface area contributed by atoms with E-state index in [0.29, 0.717) is 23.7 Å². The van der Waals surface area contributed by atoms with Gasteiger partial charge >= 0.3 is 6.03 Å². The number of amides is 2. The molecule has 1 unspecified atom stereocenters. The first-order chi connectivity index (χ1) is 14.5. The summed E-state index contributed by atoms with van der Waals surface area (Å²) in [7, 11) is 0. The molecular formula is C21H24FN7O. The van der Waals surface area contributed by atoms with Crippen molar-refractivity contribution in [3.05, 3.63) is 47.8 Å². The van der Waals surface area contributed by atoms with Gasteiger partial charge in [-0.15, -0.1) is 0 Å². The number of hydrogen-bond acceptors (Lipinski definition) is 5. The first-order valence-electron chi connectivity index (χ1n) is 10.2. The summed E-state index contributed by atoms with van der Waals surface area (Å²) in [6.07, 6.45) is 5.15. The third-order valence-electron chi connectivity index (χ3n) is 5.73. The van der Waals surface area contributed by atoms with Gasteiger partial charge in [0.25, 0.3) is 0 Å². The molecule has 2 N–H and O–H groups in total. The van der Waals surface area contributed by atoms with Gasteiger partial charge in [-0.3, -0.25) is 4.90 Å². The van der Waals surface area contributed by atoms with Crippen molar-refractivity contribution in [1.82, 2.24) is 19.7 Å². The highest BCUT2D eigenvalue weighted by Gasteiger charge is 2.34. The SMILES string of the molecule is Cc1cn2cc(NC(=O)N3CC(C)c4c(N5CCNCC5)ccnc43)cc(F)c2n1. The van der Waals surface area contributed by atoms with Crippen molar-refractivity contribution in [2.45, 2.75) is 19.8 Å². The summed E-state index contributed by atoms with van der Waals surface area (Å²) >= 11 is 0. The van der Waals surface area contributed by atoms with Crippen molar-refractivity contribution in [3.63, 3.8) is 0 Å². The molecule has 156 valence electrons. The number of aromatic nitrogens is 3. The normalized spacial score (nSPS) is 18.7. The van der Waals surface area contributed by atoms with Gasteiger partial charge in [0.2, 0.25) is 0 Å². The molecule has 5 rings (SSSR count). The van der Waals surface area contributed by atoms with Crippen molar-refractivity contribution in [3.8, 4) is 0 Å². The van der Waals surface area contributed by atoms with E-state index in [0.717, 1.165) is 37.4 Å². The fourth-order valence-electron chi connectivity index (χ4n) is 4.39. The highest BCUT2D eigenvalue weighted by Crippen LogP contribution is 2.41. The van der Waals surface area contributed by atoms with Gasteiger partial charge in [-0.1, -0.05) is 6.92 Å². The van der Waals surface area contributed by atoms with Crippen LogP contribution >= 0.6 is 0 Å². The zero-order chi connectivity index (χ0) is 20.8. The second-order valence-electron chi connectivity index (χ2n) is 7.94. The fraction of sp³-hybridized carbons (Fsp3) is 0.381. The molecule has 3 aromatic heterocycles. The van der Waals surface area contributed by atoms with Crippen LogP contribution in [0.15, 0.2) is 30.7 Å². The lowest BCUT2D eigenvalue weighted by atomic mass is 10.0. The van der Waals surface area contributed by atoms with Crippen molar-refractivity contribution in [2.24, 2.45) is 0 Å². The van der Waals surface area contributed by atoms with Crippen LogP contribution in [0.2, 0.25) is 0 Å². The number of urea groups is 1. The van der Waals surface area contributed by atoms with Crippen LogP contribution in [0.5, 0.6) is 0 Å². The number of nitrogens with zero attached hydrogens (tertiary/aromatic N) is 5. The molecule has 3 aromatic rings. The first kappa shape index (κ1) is 18.8. The number of halogens is 1. The van der Waals surface area contributed by atoms with E-state index in [1.54, 1.807) is 34.8 Å². The minimum Gasteiger partial charge on any atom is -0.369 e. The molecule has 0 aromatic carbocycles. The Labute approximate surface area is 173 Å². The second-order valence-corrected chi connectivity index (χ2v) is 7.94. The standard InChI is InChI=1S/C21H24FN7O/c1-13-10-29(20-18(13)17(3-4-24-20)27-7-5-23-6-8-27)21(30)26-15-9-16(22)19-25-14(2)11-28(19)12-15/h3-4,9,11-13,23H,5-8,10H2,1-2H3,(H,26,30). The Morgan fingerprint density at radius 2 is 2.10 bits per heavy atom. The van der Waals surface area contributed by atoms with Crippen LogP contribution < -0.4 is 20.4 Å². The zero-order valence-corrected chi connectivity index (χ0v) is 17.0. The Morgan fingerprint density at radius 3 is 2.90 bits per heavy atom. The molecule has 2 aliphatic heterocycles. The van der Waals surface area contributed by atoms with Crippen LogP contribution in [-0.2, 0) is 0 Å². The monoisotopic (exact) mass is 409 g/mol. The van der Waals surface area contributed by atoms with Gasteiger partial charge in [-0.05, 0) is 13.0 Å². The summed E-state index contributed by atoms with van der Waals surface area (Å²) in [6, 6.07) is 3.01. The predicted octanol–water partition coefficient (Wildman–Crippen LogP) is 2.74. The third kappa shape index (κ3) is 3.15. The summed E-state index contributed by atoms with van der Waals surface area (Å²) in [5.41, 5.74) is 3.58. The summed E-state index contributed by atoms with van der Waals surface area (Å²) in [4.78, 5) is 25.7. The van der Waals surface area contributed by atoms with Crippen LogP contribution in [-0.4, -0.2) is 53.1 Å². The van der Waals surface area contributed by atoms with E-state index in [1.807, 2.05) is 6.07 Å². The number of carbonyl (C=O) groups is 1. The van der Waals surface area contributed by atoms with E-state index in [9.17, 15) is 9.18 Å². The molecule has 30 heavy (non-hydrogen) atoms. The third-order valence-corrected chi connectivity index (χ3v) is 5.73. The molecule has 5 heterocycles. The Kier molecular flexibility index (Phi) is 4.54. The van der Waals surface area contributed by atoms with Gasteiger partial charge in [0.1, 0.15) is 5.82 Å². The molecule has 0 radical (unpaired) electrons. The van der Waals surface area contributed by atoms with E-state index in [4.69, 9.17) is 0 Å². The number of anilines is 3. The Hall–Kier alpha value is -3.20. The minimum absolute atomic E-state index is 0.167. The molecule has 1 saturated heterocycles. The Balaban J connectivity index is 1.43.